The highest BCUT2D eigenvalue weighted by Crippen LogP contribution is 2.28. The zero-order chi connectivity index (χ0) is 7.56. The van der Waals surface area contributed by atoms with E-state index in [2.05, 4.69) is 32.9 Å². The van der Waals surface area contributed by atoms with Crippen molar-refractivity contribution in [2.24, 2.45) is 5.92 Å². The van der Waals surface area contributed by atoms with E-state index in [1.807, 2.05) is 0 Å². The van der Waals surface area contributed by atoms with Crippen molar-refractivity contribution in [3.05, 3.63) is 0 Å². The number of hydrogen-bond acceptors (Lipinski definition) is 1. The molecule has 0 aromatic heterocycles. The molecule has 1 heterocycles. The fraction of sp³-hybridized carbons (Fsp3) is 1.00. The Kier molecular flexibility index (Phi) is 3.36. The average Bonchev–Trinajstić information content (AvgIpc) is 2.30. The lowest BCUT2D eigenvalue weighted by molar-refractivity contribution is 0.374. The van der Waals surface area contributed by atoms with Crippen molar-refractivity contribution in [1.29, 1.82) is 0 Å². The van der Waals surface area contributed by atoms with Gasteiger partial charge in [-0.3, -0.25) is 4.39 Å². The number of halogens is 2. The van der Waals surface area contributed by atoms with E-state index in [4.69, 9.17) is 0 Å². The lowest BCUT2D eigenvalue weighted by atomic mass is 10.1. The van der Waals surface area contributed by atoms with Crippen molar-refractivity contribution in [2.75, 3.05) is 13.2 Å². The molecule has 0 aromatic carbocycles. The van der Waals surface area contributed by atoms with E-state index >= 15 is 0 Å². The lowest BCUT2D eigenvalue weighted by Gasteiger charge is -2.13. The zero-order valence-corrected chi connectivity index (χ0v) is 8.34. The van der Waals surface area contributed by atoms with Crippen LogP contribution in [0.25, 0.3) is 0 Å². The summed E-state index contributed by atoms with van der Waals surface area (Å²) in [6, 6.07) is 0.626. The molecule has 0 aromatic rings. The van der Waals surface area contributed by atoms with Crippen LogP contribution in [0.15, 0.2) is 0 Å². The summed E-state index contributed by atoms with van der Waals surface area (Å²) in [7, 11) is 0. The molecule has 60 valence electrons. The highest BCUT2D eigenvalue weighted by Gasteiger charge is 2.28. The van der Waals surface area contributed by atoms with E-state index in [0.717, 1.165) is 19.4 Å². The van der Waals surface area contributed by atoms with Crippen molar-refractivity contribution in [1.82, 2.24) is 3.11 Å². The minimum atomic E-state index is -0.143. The van der Waals surface area contributed by atoms with Crippen LogP contribution in [0.2, 0.25) is 0 Å². The average molecular weight is 257 g/mol. The molecule has 0 radical (unpaired) electrons. The molecule has 1 nitrogen and oxygen atoms in total. The molecule has 2 unspecified atom stereocenters. The first-order chi connectivity index (χ1) is 4.77. The highest BCUT2D eigenvalue weighted by molar-refractivity contribution is 14.1. The van der Waals surface area contributed by atoms with Gasteiger partial charge in [-0.05, 0) is 12.8 Å². The van der Waals surface area contributed by atoms with Crippen LogP contribution in [-0.4, -0.2) is 22.4 Å². The molecule has 0 aliphatic carbocycles. The molecular formula is C7H13FIN. The van der Waals surface area contributed by atoms with Crippen molar-refractivity contribution < 1.29 is 4.39 Å². The predicted molar refractivity (Wildman–Crippen MR) is 48.9 cm³/mol. The van der Waals surface area contributed by atoms with Gasteiger partial charge in [0, 0.05) is 41.4 Å². The van der Waals surface area contributed by atoms with Crippen molar-refractivity contribution in [2.45, 2.75) is 25.8 Å². The Morgan fingerprint density at radius 3 is 2.70 bits per heavy atom. The quantitative estimate of drug-likeness (QED) is 0.542. The maximum absolute atomic E-state index is 12.2. The standard InChI is InChI=1S/C7H13FIN/c1-2-7-3-6(4-8)5-10(7)9/h6-7H,2-5H2,1H3. The van der Waals surface area contributed by atoms with Gasteiger partial charge in [0.15, 0.2) is 0 Å². The Morgan fingerprint density at radius 2 is 2.40 bits per heavy atom. The topological polar surface area (TPSA) is 3.24 Å². The van der Waals surface area contributed by atoms with Gasteiger partial charge in [0.25, 0.3) is 0 Å². The number of nitrogens with zero attached hydrogens (tertiary/aromatic N) is 1. The van der Waals surface area contributed by atoms with Crippen LogP contribution >= 0.6 is 22.9 Å². The molecule has 1 aliphatic rings. The third-order valence-corrected chi connectivity index (χ3v) is 3.31. The first-order valence-electron chi connectivity index (χ1n) is 3.76. The third-order valence-electron chi connectivity index (χ3n) is 2.12. The molecule has 1 aliphatic heterocycles. The number of hydrogen-bond donors (Lipinski definition) is 0. The summed E-state index contributed by atoms with van der Waals surface area (Å²) >= 11 is 2.30. The van der Waals surface area contributed by atoms with Gasteiger partial charge in [-0.15, -0.1) is 0 Å². The van der Waals surface area contributed by atoms with E-state index in [1.165, 1.54) is 0 Å². The maximum Gasteiger partial charge on any atom is 0.0935 e. The van der Waals surface area contributed by atoms with Crippen LogP contribution in [0.4, 0.5) is 4.39 Å². The molecular weight excluding hydrogens is 244 g/mol. The van der Waals surface area contributed by atoms with Crippen LogP contribution in [0.3, 0.4) is 0 Å². The molecule has 3 heteroatoms. The summed E-state index contributed by atoms with van der Waals surface area (Å²) in [6.07, 6.45) is 2.20. The van der Waals surface area contributed by atoms with Crippen LogP contribution in [0.5, 0.6) is 0 Å². The minimum Gasteiger partial charge on any atom is -0.251 e. The van der Waals surface area contributed by atoms with Gasteiger partial charge in [-0.1, -0.05) is 6.92 Å². The van der Waals surface area contributed by atoms with Gasteiger partial charge in [-0.2, -0.15) is 0 Å². The summed E-state index contributed by atoms with van der Waals surface area (Å²) in [5.74, 6) is 0.307. The fourth-order valence-corrected chi connectivity index (χ4v) is 2.62. The molecule has 1 saturated heterocycles. The van der Waals surface area contributed by atoms with E-state index in [1.54, 1.807) is 0 Å². The molecule has 0 amide bonds. The van der Waals surface area contributed by atoms with Gasteiger partial charge in [0.2, 0.25) is 0 Å². The van der Waals surface area contributed by atoms with Gasteiger partial charge in [-0.25, -0.2) is 3.11 Å². The van der Waals surface area contributed by atoms with Gasteiger partial charge in [0.05, 0.1) is 6.67 Å². The van der Waals surface area contributed by atoms with Crippen LogP contribution in [0.1, 0.15) is 19.8 Å². The van der Waals surface area contributed by atoms with E-state index < -0.39 is 0 Å². The molecule has 0 N–H and O–H groups in total. The van der Waals surface area contributed by atoms with Crippen LogP contribution in [0, 0.1) is 5.92 Å². The molecule has 1 rings (SSSR count). The van der Waals surface area contributed by atoms with Crippen molar-refractivity contribution >= 4 is 22.9 Å². The monoisotopic (exact) mass is 257 g/mol. The normalized spacial score (nSPS) is 35.1. The fourth-order valence-electron chi connectivity index (χ4n) is 1.45. The van der Waals surface area contributed by atoms with Crippen molar-refractivity contribution in [3.8, 4) is 0 Å². The second-order valence-electron chi connectivity index (χ2n) is 2.90. The molecule has 0 saturated carbocycles. The Labute approximate surface area is 75.5 Å². The molecule has 2 atom stereocenters. The second kappa shape index (κ2) is 3.85. The summed E-state index contributed by atoms with van der Waals surface area (Å²) in [5, 5.41) is 0. The van der Waals surface area contributed by atoms with Crippen LogP contribution in [-0.2, 0) is 0 Å². The first kappa shape index (κ1) is 8.71. The third kappa shape index (κ3) is 1.81. The Hall–Kier alpha value is 0.620. The predicted octanol–water partition coefficient (Wildman–Crippen LogP) is 2.41. The zero-order valence-electron chi connectivity index (χ0n) is 6.19. The van der Waals surface area contributed by atoms with E-state index in [0.29, 0.717) is 12.0 Å². The largest absolute Gasteiger partial charge is 0.251 e. The van der Waals surface area contributed by atoms with Crippen LogP contribution < -0.4 is 0 Å². The summed E-state index contributed by atoms with van der Waals surface area (Å²) in [4.78, 5) is 0. The van der Waals surface area contributed by atoms with Crippen molar-refractivity contribution in [3.63, 3.8) is 0 Å². The van der Waals surface area contributed by atoms with Gasteiger partial charge < -0.3 is 0 Å². The smallest absolute Gasteiger partial charge is 0.0935 e. The first-order valence-corrected chi connectivity index (χ1v) is 4.72. The summed E-state index contributed by atoms with van der Waals surface area (Å²) in [6.45, 7) is 2.96. The Balaban J connectivity index is 2.36. The maximum atomic E-state index is 12.2. The number of alkyl halides is 1. The van der Waals surface area contributed by atoms with E-state index in [9.17, 15) is 4.39 Å². The van der Waals surface area contributed by atoms with Gasteiger partial charge >= 0.3 is 0 Å². The SMILES string of the molecule is CCC1CC(CF)CN1I. The number of rotatable bonds is 2. The lowest BCUT2D eigenvalue weighted by Crippen LogP contribution is -2.17. The van der Waals surface area contributed by atoms with E-state index in [-0.39, 0.29) is 6.67 Å². The Bertz CT molecular complexity index is 110. The highest BCUT2D eigenvalue weighted by atomic mass is 127. The summed E-state index contributed by atoms with van der Waals surface area (Å²) < 4.78 is 14.4. The second-order valence-corrected chi connectivity index (χ2v) is 4.14. The minimum absolute atomic E-state index is 0.143. The summed E-state index contributed by atoms with van der Waals surface area (Å²) in [5.41, 5.74) is 0. The molecule has 0 spiro atoms. The van der Waals surface area contributed by atoms with Gasteiger partial charge in [0.1, 0.15) is 0 Å². The Morgan fingerprint density at radius 1 is 1.70 bits per heavy atom. The molecule has 1 fully saturated rings. The molecule has 0 bridgehead atoms. The molecule has 10 heavy (non-hydrogen) atoms.